The summed E-state index contributed by atoms with van der Waals surface area (Å²) >= 11 is 0. The van der Waals surface area contributed by atoms with Crippen LogP contribution in [0.5, 0.6) is 0 Å². The Morgan fingerprint density at radius 1 is 1.27 bits per heavy atom. The number of carbonyl (C=O) groups excluding carboxylic acids is 1. The van der Waals surface area contributed by atoms with E-state index >= 15 is 0 Å². The van der Waals surface area contributed by atoms with E-state index in [1.54, 1.807) is 12.1 Å². The summed E-state index contributed by atoms with van der Waals surface area (Å²) in [4.78, 5) is 14.5. The Bertz CT molecular complexity index is 652. The first-order valence-electron chi connectivity index (χ1n) is 9.57. The maximum Gasteiger partial charge on any atom is 0.237 e. The summed E-state index contributed by atoms with van der Waals surface area (Å²) in [6.45, 7) is 5.58. The number of nitrogens with zero attached hydrogens (tertiary/aromatic N) is 1. The molecule has 26 heavy (non-hydrogen) atoms. The second-order valence-corrected chi connectivity index (χ2v) is 8.07. The van der Waals surface area contributed by atoms with Crippen molar-refractivity contribution < 1.29 is 13.6 Å². The molecular formula is C20H29F2N3O. The molecule has 144 valence electrons. The van der Waals surface area contributed by atoms with Crippen LogP contribution in [0, 0.1) is 29.4 Å². The van der Waals surface area contributed by atoms with Gasteiger partial charge in [-0.2, -0.15) is 0 Å². The predicted molar refractivity (Wildman–Crippen MR) is 99.0 cm³/mol. The summed E-state index contributed by atoms with van der Waals surface area (Å²) in [5.41, 5.74) is 0.331. The first kappa shape index (κ1) is 19.1. The number of anilines is 1. The van der Waals surface area contributed by atoms with Gasteiger partial charge >= 0.3 is 0 Å². The van der Waals surface area contributed by atoms with Gasteiger partial charge in [-0.3, -0.25) is 4.79 Å². The van der Waals surface area contributed by atoms with Crippen LogP contribution in [0.3, 0.4) is 0 Å². The highest BCUT2D eigenvalue weighted by atomic mass is 19.2. The maximum atomic E-state index is 14.1. The number of carbonyl (C=O) groups is 1. The summed E-state index contributed by atoms with van der Waals surface area (Å²) in [7, 11) is 1.81. The molecule has 2 aliphatic rings. The fraction of sp³-hybridized carbons (Fsp3) is 0.650. The molecule has 1 aromatic rings. The molecular weight excluding hydrogens is 336 g/mol. The molecule has 1 aliphatic heterocycles. The Hall–Kier alpha value is -1.69. The van der Waals surface area contributed by atoms with E-state index in [1.165, 1.54) is 0 Å². The molecule has 2 N–H and O–H groups in total. The molecule has 1 aromatic carbocycles. The summed E-state index contributed by atoms with van der Waals surface area (Å²) in [6.07, 6.45) is 2.76. The molecule has 0 aromatic heterocycles. The van der Waals surface area contributed by atoms with Gasteiger partial charge in [-0.05, 0) is 50.3 Å². The van der Waals surface area contributed by atoms with Crippen molar-refractivity contribution in [1.29, 1.82) is 0 Å². The maximum absolute atomic E-state index is 14.1. The Morgan fingerprint density at radius 2 is 2.04 bits per heavy atom. The van der Waals surface area contributed by atoms with Crippen LogP contribution in [-0.2, 0) is 4.79 Å². The molecule has 4 nitrogen and oxygen atoms in total. The van der Waals surface area contributed by atoms with Crippen LogP contribution in [0.4, 0.5) is 14.5 Å². The smallest absolute Gasteiger partial charge is 0.237 e. The average Bonchev–Trinajstić information content (AvgIpc) is 3.16. The highest BCUT2D eigenvalue weighted by Gasteiger charge is 2.44. The predicted octanol–water partition coefficient (Wildman–Crippen LogP) is 2.93. The molecule has 3 rings (SSSR count). The van der Waals surface area contributed by atoms with E-state index < -0.39 is 11.6 Å². The van der Waals surface area contributed by atoms with Crippen LogP contribution in [0.25, 0.3) is 0 Å². The van der Waals surface area contributed by atoms with Crippen molar-refractivity contribution in [2.75, 3.05) is 25.0 Å². The molecule has 1 aliphatic carbocycles. The normalized spacial score (nSPS) is 26.2. The topological polar surface area (TPSA) is 44.4 Å². The van der Waals surface area contributed by atoms with Crippen molar-refractivity contribution in [2.24, 2.45) is 17.8 Å². The minimum absolute atomic E-state index is 0.0437. The monoisotopic (exact) mass is 365 g/mol. The number of rotatable bonds is 6. The van der Waals surface area contributed by atoms with Crippen molar-refractivity contribution in [1.82, 2.24) is 10.6 Å². The third-order valence-corrected chi connectivity index (χ3v) is 5.83. The van der Waals surface area contributed by atoms with Gasteiger partial charge in [-0.25, -0.2) is 8.78 Å². The molecule has 1 heterocycles. The number of amides is 1. The Labute approximate surface area is 154 Å². The third kappa shape index (κ3) is 3.85. The molecule has 1 saturated heterocycles. The lowest BCUT2D eigenvalue weighted by Gasteiger charge is -2.25. The zero-order valence-corrected chi connectivity index (χ0v) is 15.8. The van der Waals surface area contributed by atoms with Crippen LogP contribution in [0.15, 0.2) is 18.2 Å². The van der Waals surface area contributed by atoms with Gasteiger partial charge < -0.3 is 15.5 Å². The van der Waals surface area contributed by atoms with Crippen molar-refractivity contribution in [3.8, 4) is 0 Å². The Balaban J connectivity index is 1.65. The van der Waals surface area contributed by atoms with Gasteiger partial charge in [0, 0.05) is 25.0 Å². The molecule has 1 amide bonds. The van der Waals surface area contributed by atoms with Crippen LogP contribution in [0.2, 0.25) is 0 Å². The lowest BCUT2D eigenvalue weighted by Crippen LogP contribution is -2.49. The molecule has 6 heteroatoms. The van der Waals surface area contributed by atoms with E-state index in [9.17, 15) is 13.6 Å². The Kier molecular flexibility index (Phi) is 5.80. The number of nitrogens with one attached hydrogen (secondary N) is 2. The van der Waals surface area contributed by atoms with Gasteiger partial charge in [0.2, 0.25) is 5.91 Å². The van der Waals surface area contributed by atoms with Crippen molar-refractivity contribution in [3.63, 3.8) is 0 Å². The van der Waals surface area contributed by atoms with Gasteiger partial charge in [0.05, 0.1) is 11.7 Å². The van der Waals surface area contributed by atoms with E-state index in [-0.39, 0.29) is 23.9 Å². The van der Waals surface area contributed by atoms with Crippen LogP contribution >= 0.6 is 0 Å². The highest BCUT2D eigenvalue weighted by molar-refractivity contribution is 5.82. The Morgan fingerprint density at radius 3 is 2.73 bits per heavy atom. The number of hydrogen-bond acceptors (Lipinski definition) is 3. The summed E-state index contributed by atoms with van der Waals surface area (Å²) in [5.74, 6) is -0.399. The fourth-order valence-electron chi connectivity index (χ4n) is 4.49. The summed E-state index contributed by atoms with van der Waals surface area (Å²) in [6, 6.07) is 4.24. The van der Waals surface area contributed by atoms with Gasteiger partial charge in [0.1, 0.15) is 0 Å². The van der Waals surface area contributed by atoms with Gasteiger partial charge in [0.25, 0.3) is 0 Å². The number of fused-ring (bicyclic) bond motifs is 1. The van der Waals surface area contributed by atoms with E-state index in [0.717, 1.165) is 31.9 Å². The summed E-state index contributed by atoms with van der Waals surface area (Å²) in [5, 5.41) is 6.31. The number of likely N-dealkylation sites (N-methyl/N-ethyl adjacent to an activating group) is 1. The van der Waals surface area contributed by atoms with Crippen LogP contribution in [0.1, 0.15) is 33.1 Å². The van der Waals surface area contributed by atoms with Crippen molar-refractivity contribution in [3.05, 3.63) is 29.8 Å². The van der Waals surface area contributed by atoms with E-state index in [2.05, 4.69) is 24.5 Å². The number of benzene rings is 1. The minimum Gasteiger partial charge on any atom is -0.368 e. The first-order chi connectivity index (χ1) is 12.4. The van der Waals surface area contributed by atoms with Crippen LogP contribution < -0.4 is 15.5 Å². The second-order valence-electron chi connectivity index (χ2n) is 8.07. The van der Waals surface area contributed by atoms with Gasteiger partial charge in [0.15, 0.2) is 11.6 Å². The third-order valence-electron chi connectivity index (χ3n) is 5.83. The van der Waals surface area contributed by atoms with E-state index in [1.807, 2.05) is 11.9 Å². The van der Waals surface area contributed by atoms with Crippen molar-refractivity contribution in [2.45, 2.75) is 45.2 Å². The highest BCUT2D eigenvalue weighted by Crippen LogP contribution is 2.40. The average molecular weight is 365 g/mol. The minimum atomic E-state index is -0.810. The van der Waals surface area contributed by atoms with Crippen LogP contribution in [-0.4, -0.2) is 38.1 Å². The quantitative estimate of drug-likeness (QED) is 0.815. The lowest BCUT2D eigenvalue weighted by molar-refractivity contribution is -0.124. The molecule has 4 atom stereocenters. The van der Waals surface area contributed by atoms with Crippen molar-refractivity contribution >= 4 is 11.6 Å². The van der Waals surface area contributed by atoms with E-state index in [0.29, 0.717) is 24.1 Å². The standard InChI is InChI=1S/C20H29F2N3O/c1-12(2)9-17(23-3)20(26)24-16-8-7-13-10-25(11-14(13)16)18-6-4-5-15(21)19(18)22/h4-6,12-14,16-17,23H,7-11H2,1-3H3,(H,24,26)/t13-,14+,16+,17+/m1/s1. The number of halogens is 2. The number of hydrogen-bond donors (Lipinski definition) is 2. The zero-order valence-electron chi connectivity index (χ0n) is 15.8. The SMILES string of the molecule is CN[C@@H](CC(C)C)C(=O)N[C@H]1CC[C@@H]2CN(c3cccc(F)c3F)C[C@@H]21. The second kappa shape index (κ2) is 7.91. The molecule has 1 saturated carbocycles. The van der Waals surface area contributed by atoms with Gasteiger partial charge in [-0.1, -0.05) is 19.9 Å². The van der Waals surface area contributed by atoms with E-state index in [4.69, 9.17) is 0 Å². The molecule has 2 fully saturated rings. The molecule has 0 bridgehead atoms. The zero-order chi connectivity index (χ0) is 18.8. The summed E-state index contributed by atoms with van der Waals surface area (Å²) < 4.78 is 27.7. The lowest BCUT2D eigenvalue weighted by atomic mass is 9.97. The molecule has 0 unspecified atom stereocenters. The van der Waals surface area contributed by atoms with Gasteiger partial charge in [-0.15, -0.1) is 0 Å². The largest absolute Gasteiger partial charge is 0.368 e. The first-order valence-corrected chi connectivity index (χ1v) is 9.57. The fourth-order valence-corrected chi connectivity index (χ4v) is 4.49. The molecule has 0 radical (unpaired) electrons. The molecule has 0 spiro atoms.